The lowest BCUT2D eigenvalue weighted by Gasteiger charge is -2.15. The topological polar surface area (TPSA) is 48.5 Å². The standard InChI is InChI=1S/C45H29N5/c1-3-15-30(16-4-1)38-29-39(37-22-13-14-26-46-37)48-45(47-38)34-21-9-12-25-42(34)50-41-24-11-8-20-33(41)36-27-43-35(28-44(36)50)32-19-7-10-23-40(32)49(43)31-17-5-2-6-18-31/h1-29H. The first kappa shape index (κ1) is 28.2. The molecule has 50 heavy (non-hydrogen) atoms. The second-order valence-electron chi connectivity index (χ2n) is 12.5. The van der Waals surface area contributed by atoms with Crippen LogP contribution >= 0.6 is 0 Å². The molecule has 0 aliphatic carbocycles. The lowest BCUT2D eigenvalue weighted by atomic mass is 10.1. The lowest BCUT2D eigenvalue weighted by molar-refractivity contribution is 1.13. The van der Waals surface area contributed by atoms with Gasteiger partial charge < -0.3 is 9.13 Å². The van der Waals surface area contributed by atoms with E-state index in [4.69, 9.17) is 9.97 Å². The lowest BCUT2D eigenvalue weighted by Crippen LogP contribution is -2.02. The van der Waals surface area contributed by atoms with Crippen molar-refractivity contribution >= 4 is 43.6 Å². The third kappa shape index (κ3) is 4.45. The Bertz CT molecular complexity index is 2800. The number of hydrogen-bond donors (Lipinski definition) is 0. The van der Waals surface area contributed by atoms with Gasteiger partial charge >= 0.3 is 0 Å². The van der Waals surface area contributed by atoms with Crippen LogP contribution in [-0.4, -0.2) is 24.1 Å². The van der Waals surface area contributed by atoms with E-state index in [-0.39, 0.29) is 0 Å². The zero-order valence-corrected chi connectivity index (χ0v) is 27.0. The number of para-hydroxylation sites is 4. The molecule has 0 amide bonds. The highest BCUT2D eigenvalue weighted by Crippen LogP contribution is 2.41. The molecule has 0 saturated carbocycles. The smallest absolute Gasteiger partial charge is 0.162 e. The largest absolute Gasteiger partial charge is 0.309 e. The van der Waals surface area contributed by atoms with Crippen LogP contribution in [0.1, 0.15) is 0 Å². The number of rotatable bonds is 5. The minimum absolute atomic E-state index is 0.648. The van der Waals surface area contributed by atoms with Gasteiger partial charge in [-0.25, -0.2) is 9.97 Å². The highest BCUT2D eigenvalue weighted by molar-refractivity contribution is 6.19. The molecule has 6 aromatic carbocycles. The van der Waals surface area contributed by atoms with E-state index in [2.05, 4.69) is 142 Å². The van der Waals surface area contributed by atoms with E-state index in [1.807, 2.05) is 42.5 Å². The van der Waals surface area contributed by atoms with Crippen molar-refractivity contribution in [2.45, 2.75) is 0 Å². The Morgan fingerprint density at radius 1 is 0.380 bits per heavy atom. The van der Waals surface area contributed by atoms with E-state index in [9.17, 15) is 0 Å². The fourth-order valence-corrected chi connectivity index (χ4v) is 7.37. The number of benzene rings is 6. The summed E-state index contributed by atoms with van der Waals surface area (Å²) < 4.78 is 4.76. The highest BCUT2D eigenvalue weighted by atomic mass is 15.0. The van der Waals surface area contributed by atoms with Crippen molar-refractivity contribution in [1.82, 2.24) is 24.1 Å². The van der Waals surface area contributed by atoms with Crippen LogP contribution in [0.3, 0.4) is 0 Å². The molecule has 0 atom stereocenters. The van der Waals surface area contributed by atoms with Gasteiger partial charge in [-0.15, -0.1) is 0 Å². The first-order valence-electron chi connectivity index (χ1n) is 16.8. The summed E-state index contributed by atoms with van der Waals surface area (Å²) >= 11 is 0. The van der Waals surface area contributed by atoms with Gasteiger partial charge in [-0.3, -0.25) is 4.98 Å². The average molecular weight is 640 g/mol. The van der Waals surface area contributed by atoms with Crippen LogP contribution in [0.5, 0.6) is 0 Å². The van der Waals surface area contributed by atoms with Crippen molar-refractivity contribution < 1.29 is 0 Å². The Morgan fingerprint density at radius 2 is 0.960 bits per heavy atom. The normalized spacial score (nSPS) is 11.6. The molecule has 0 saturated heterocycles. The monoisotopic (exact) mass is 639 g/mol. The minimum Gasteiger partial charge on any atom is -0.309 e. The van der Waals surface area contributed by atoms with Gasteiger partial charge in [0.05, 0.1) is 44.8 Å². The maximum atomic E-state index is 5.20. The van der Waals surface area contributed by atoms with Crippen LogP contribution in [0.2, 0.25) is 0 Å². The molecule has 5 heteroatoms. The Morgan fingerprint density at radius 3 is 1.68 bits per heavy atom. The van der Waals surface area contributed by atoms with Gasteiger partial charge in [-0.2, -0.15) is 0 Å². The maximum Gasteiger partial charge on any atom is 0.162 e. The maximum absolute atomic E-state index is 5.20. The summed E-state index contributed by atoms with van der Waals surface area (Å²) in [6.45, 7) is 0. The third-order valence-corrected chi connectivity index (χ3v) is 9.59. The Labute approximate surface area is 288 Å². The summed E-state index contributed by atoms with van der Waals surface area (Å²) in [6.07, 6.45) is 1.81. The molecular weight excluding hydrogens is 611 g/mol. The summed E-state index contributed by atoms with van der Waals surface area (Å²) in [5, 5.41) is 4.81. The van der Waals surface area contributed by atoms with E-state index in [1.54, 1.807) is 6.20 Å². The number of fused-ring (bicyclic) bond motifs is 6. The quantitative estimate of drug-likeness (QED) is 0.188. The highest BCUT2D eigenvalue weighted by Gasteiger charge is 2.21. The van der Waals surface area contributed by atoms with Gasteiger partial charge in [0.15, 0.2) is 5.82 Å². The molecule has 0 spiro atoms. The van der Waals surface area contributed by atoms with Crippen LogP contribution in [0.25, 0.3) is 89.0 Å². The zero-order chi connectivity index (χ0) is 33.0. The van der Waals surface area contributed by atoms with Gasteiger partial charge in [-0.1, -0.05) is 103 Å². The van der Waals surface area contributed by atoms with Crippen molar-refractivity contribution in [3.8, 4) is 45.4 Å². The molecule has 4 aromatic heterocycles. The predicted octanol–water partition coefficient (Wildman–Crippen LogP) is 11.1. The van der Waals surface area contributed by atoms with Crippen LogP contribution in [0, 0.1) is 0 Å². The number of aromatic nitrogens is 5. The summed E-state index contributed by atoms with van der Waals surface area (Å²) in [7, 11) is 0. The average Bonchev–Trinajstić information content (AvgIpc) is 3.70. The van der Waals surface area contributed by atoms with Gasteiger partial charge in [-0.05, 0) is 66.7 Å². The first-order valence-corrected chi connectivity index (χ1v) is 16.8. The second kappa shape index (κ2) is 11.4. The van der Waals surface area contributed by atoms with E-state index < -0.39 is 0 Å². The van der Waals surface area contributed by atoms with E-state index >= 15 is 0 Å². The summed E-state index contributed by atoms with van der Waals surface area (Å²) in [4.78, 5) is 15.0. The van der Waals surface area contributed by atoms with Crippen molar-refractivity contribution in [2.75, 3.05) is 0 Å². The van der Waals surface area contributed by atoms with Crippen LogP contribution < -0.4 is 0 Å². The number of nitrogens with zero attached hydrogens (tertiary/aromatic N) is 5. The third-order valence-electron chi connectivity index (χ3n) is 9.59. The van der Waals surface area contributed by atoms with E-state index in [0.29, 0.717) is 5.82 Å². The molecule has 0 aliphatic rings. The van der Waals surface area contributed by atoms with Gasteiger partial charge in [0.1, 0.15) is 0 Å². The molecule has 0 N–H and O–H groups in total. The fourth-order valence-electron chi connectivity index (χ4n) is 7.37. The van der Waals surface area contributed by atoms with Crippen molar-refractivity contribution in [1.29, 1.82) is 0 Å². The van der Waals surface area contributed by atoms with E-state index in [0.717, 1.165) is 50.6 Å². The molecule has 0 aliphatic heterocycles. The molecule has 10 rings (SSSR count). The zero-order valence-electron chi connectivity index (χ0n) is 27.0. The molecule has 5 nitrogen and oxygen atoms in total. The van der Waals surface area contributed by atoms with Crippen molar-refractivity contribution in [3.63, 3.8) is 0 Å². The summed E-state index contributed by atoms with van der Waals surface area (Å²) in [5.41, 5.74) is 11.2. The summed E-state index contributed by atoms with van der Waals surface area (Å²) in [5.74, 6) is 0.648. The minimum atomic E-state index is 0.648. The number of pyridine rings is 1. The molecular formula is C45H29N5. The SMILES string of the molecule is c1ccc(-c2cc(-c3ccccn3)nc(-c3ccccc3-n3c4ccccc4c4cc5c(cc43)c3ccccc3n5-c3ccccc3)n2)cc1. The fraction of sp³-hybridized carbons (Fsp3) is 0. The molecule has 0 unspecified atom stereocenters. The van der Waals surface area contributed by atoms with Crippen molar-refractivity contribution in [2.24, 2.45) is 0 Å². The first-order chi connectivity index (χ1) is 24.8. The molecule has 4 heterocycles. The van der Waals surface area contributed by atoms with Gasteiger partial charge in [0, 0.05) is 44.6 Å². The van der Waals surface area contributed by atoms with Crippen LogP contribution in [0.4, 0.5) is 0 Å². The molecule has 0 fully saturated rings. The molecule has 234 valence electrons. The molecule has 0 bridgehead atoms. The van der Waals surface area contributed by atoms with E-state index in [1.165, 1.54) is 32.6 Å². The predicted molar refractivity (Wildman–Crippen MR) is 205 cm³/mol. The van der Waals surface area contributed by atoms with Crippen molar-refractivity contribution in [3.05, 3.63) is 176 Å². The van der Waals surface area contributed by atoms with Gasteiger partial charge in [0.25, 0.3) is 0 Å². The molecule has 0 radical (unpaired) electrons. The number of hydrogen-bond acceptors (Lipinski definition) is 3. The van der Waals surface area contributed by atoms with Crippen LogP contribution in [0.15, 0.2) is 176 Å². The Balaban J connectivity index is 1.27. The Kier molecular flexibility index (Phi) is 6.42. The summed E-state index contributed by atoms with van der Waals surface area (Å²) in [6, 6.07) is 59.4. The van der Waals surface area contributed by atoms with Crippen LogP contribution in [-0.2, 0) is 0 Å². The molecule has 10 aromatic rings. The Hall–Kier alpha value is -6.85. The second-order valence-corrected chi connectivity index (χ2v) is 12.5. The van der Waals surface area contributed by atoms with Gasteiger partial charge in [0.2, 0.25) is 0 Å².